The molecule has 1 N–H and O–H groups in total. The summed E-state index contributed by atoms with van der Waals surface area (Å²) in [6.45, 7) is 0.709. The van der Waals surface area contributed by atoms with Gasteiger partial charge in [-0.2, -0.15) is 0 Å². The van der Waals surface area contributed by atoms with Crippen molar-refractivity contribution in [2.75, 3.05) is 26.0 Å². The van der Waals surface area contributed by atoms with Gasteiger partial charge in [0.1, 0.15) is 18.0 Å². The van der Waals surface area contributed by atoms with Crippen LogP contribution in [0.1, 0.15) is 16.2 Å². The third kappa shape index (κ3) is 3.31. The van der Waals surface area contributed by atoms with Crippen LogP contribution in [0.15, 0.2) is 24.7 Å². The van der Waals surface area contributed by atoms with Crippen LogP contribution in [-0.4, -0.2) is 51.2 Å². The number of hydrogen-bond acceptors (Lipinski definition) is 5. The molecular formula is C13H18N6O. The van der Waals surface area contributed by atoms with E-state index in [9.17, 15) is 4.79 Å². The Bertz CT molecular complexity index is 575. The Kier molecular flexibility index (Phi) is 4.29. The van der Waals surface area contributed by atoms with Crippen LogP contribution in [0.3, 0.4) is 0 Å². The predicted molar refractivity (Wildman–Crippen MR) is 75.5 cm³/mol. The molecule has 1 amide bonds. The fourth-order valence-corrected chi connectivity index (χ4v) is 1.72. The molecule has 0 radical (unpaired) electrons. The quantitative estimate of drug-likeness (QED) is 0.862. The molecule has 0 bridgehead atoms. The van der Waals surface area contributed by atoms with E-state index in [0.29, 0.717) is 12.1 Å². The first kappa shape index (κ1) is 14.0. The van der Waals surface area contributed by atoms with Crippen molar-refractivity contribution in [3.63, 3.8) is 0 Å². The van der Waals surface area contributed by atoms with Gasteiger partial charge >= 0.3 is 0 Å². The molecule has 0 atom stereocenters. The van der Waals surface area contributed by atoms with E-state index in [4.69, 9.17) is 0 Å². The monoisotopic (exact) mass is 274 g/mol. The number of aromatic nitrogens is 4. The highest BCUT2D eigenvalue weighted by Crippen LogP contribution is 2.07. The lowest BCUT2D eigenvalue weighted by Crippen LogP contribution is -2.21. The average molecular weight is 274 g/mol. The normalized spacial score (nSPS) is 10.3. The molecule has 20 heavy (non-hydrogen) atoms. The van der Waals surface area contributed by atoms with Crippen LogP contribution in [0, 0.1) is 0 Å². The summed E-state index contributed by atoms with van der Waals surface area (Å²) >= 11 is 0. The Balaban J connectivity index is 1.88. The lowest BCUT2D eigenvalue weighted by atomic mass is 10.2. The van der Waals surface area contributed by atoms with E-state index < -0.39 is 0 Å². The number of hydrogen-bond donors (Lipinski definition) is 1. The van der Waals surface area contributed by atoms with Crippen molar-refractivity contribution < 1.29 is 4.79 Å². The van der Waals surface area contributed by atoms with Crippen molar-refractivity contribution in [1.82, 2.24) is 24.6 Å². The van der Waals surface area contributed by atoms with Gasteiger partial charge in [-0.05, 0) is 12.1 Å². The van der Waals surface area contributed by atoms with E-state index >= 15 is 0 Å². The first-order chi connectivity index (χ1) is 9.58. The Hall–Kier alpha value is -2.44. The van der Waals surface area contributed by atoms with Gasteiger partial charge in [0.15, 0.2) is 0 Å². The van der Waals surface area contributed by atoms with Crippen molar-refractivity contribution in [1.29, 1.82) is 0 Å². The number of nitrogens with zero attached hydrogens (tertiary/aromatic N) is 5. The van der Waals surface area contributed by atoms with Gasteiger partial charge in [-0.25, -0.2) is 4.98 Å². The standard InChI is InChI=1S/C13H18N6O/c1-18(2)13(20)10-4-5-11(15-8-10)14-7-6-12-17-16-9-19(12)3/h4-5,8-9H,6-7H2,1-3H3,(H,14,15). The van der Waals surface area contributed by atoms with Crippen LogP contribution in [0.2, 0.25) is 0 Å². The van der Waals surface area contributed by atoms with Crippen molar-refractivity contribution in [3.05, 3.63) is 36.0 Å². The second-order valence-corrected chi connectivity index (χ2v) is 4.67. The molecule has 2 heterocycles. The summed E-state index contributed by atoms with van der Waals surface area (Å²) in [6.07, 6.45) is 4.01. The maximum atomic E-state index is 11.7. The zero-order valence-corrected chi connectivity index (χ0v) is 11.9. The molecule has 0 saturated carbocycles. The Morgan fingerprint density at radius 3 is 2.75 bits per heavy atom. The van der Waals surface area contributed by atoms with Crippen molar-refractivity contribution >= 4 is 11.7 Å². The highest BCUT2D eigenvalue weighted by atomic mass is 16.2. The highest BCUT2D eigenvalue weighted by Gasteiger charge is 2.08. The molecular weight excluding hydrogens is 256 g/mol. The first-order valence-electron chi connectivity index (χ1n) is 6.32. The van der Waals surface area contributed by atoms with Crippen LogP contribution in [0.5, 0.6) is 0 Å². The summed E-state index contributed by atoms with van der Waals surface area (Å²) in [5, 5.41) is 11.0. The van der Waals surface area contributed by atoms with Gasteiger partial charge in [0, 0.05) is 40.3 Å². The number of carbonyl (C=O) groups is 1. The number of amides is 1. The van der Waals surface area contributed by atoms with Crippen molar-refractivity contribution in [3.8, 4) is 0 Å². The lowest BCUT2D eigenvalue weighted by Gasteiger charge is -2.10. The minimum Gasteiger partial charge on any atom is -0.370 e. The summed E-state index contributed by atoms with van der Waals surface area (Å²) in [7, 11) is 5.35. The molecule has 2 aromatic heterocycles. The second kappa shape index (κ2) is 6.14. The molecule has 2 rings (SSSR count). The van der Waals surface area contributed by atoms with Crippen LogP contribution in [-0.2, 0) is 13.5 Å². The van der Waals surface area contributed by atoms with Crippen molar-refractivity contribution in [2.24, 2.45) is 7.05 Å². The highest BCUT2D eigenvalue weighted by molar-refractivity contribution is 5.93. The molecule has 0 aromatic carbocycles. The number of aryl methyl sites for hydroxylation is 1. The van der Waals surface area contributed by atoms with Crippen molar-refractivity contribution in [2.45, 2.75) is 6.42 Å². The Morgan fingerprint density at radius 2 is 2.20 bits per heavy atom. The number of carbonyl (C=O) groups excluding carboxylic acids is 1. The topological polar surface area (TPSA) is 75.9 Å². The smallest absolute Gasteiger partial charge is 0.254 e. The molecule has 2 aromatic rings. The summed E-state index contributed by atoms with van der Waals surface area (Å²) in [5.74, 6) is 1.60. The molecule has 7 nitrogen and oxygen atoms in total. The predicted octanol–water partition coefficient (Wildman–Crippen LogP) is 0.566. The molecule has 0 aliphatic rings. The lowest BCUT2D eigenvalue weighted by molar-refractivity contribution is 0.0827. The van der Waals surface area contributed by atoms with E-state index in [0.717, 1.165) is 18.1 Å². The fourth-order valence-electron chi connectivity index (χ4n) is 1.72. The van der Waals surface area contributed by atoms with E-state index in [2.05, 4.69) is 20.5 Å². The third-order valence-electron chi connectivity index (χ3n) is 2.88. The van der Waals surface area contributed by atoms with Gasteiger partial charge in [-0.15, -0.1) is 10.2 Å². The Labute approximate surface area is 117 Å². The molecule has 0 fully saturated rings. The maximum Gasteiger partial charge on any atom is 0.254 e. The number of pyridine rings is 1. The van der Waals surface area contributed by atoms with Gasteiger partial charge in [-0.3, -0.25) is 4.79 Å². The summed E-state index contributed by atoms with van der Waals surface area (Å²) < 4.78 is 1.88. The fraction of sp³-hybridized carbons (Fsp3) is 0.385. The van der Waals surface area contributed by atoms with Gasteiger partial charge in [0.2, 0.25) is 0 Å². The molecule has 0 aliphatic carbocycles. The second-order valence-electron chi connectivity index (χ2n) is 4.67. The largest absolute Gasteiger partial charge is 0.370 e. The molecule has 0 saturated heterocycles. The first-order valence-corrected chi connectivity index (χ1v) is 6.32. The molecule has 0 spiro atoms. The SMILES string of the molecule is CN(C)C(=O)c1ccc(NCCc2nncn2C)nc1. The molecule has 0 aliphatic heterocycles. The van der Waals surface area contributed by atoms with Crippen LogP contribution in [0.25, 0.3) is 0 Å². The van der Waals surface area contributed by atoms with E-state index in [1.165, 1.54) is 4.90 Å². The molecule has 106 valence electrons. The zero-order valence-electron chi connectivity index (χ0n) is 11.9. The average Bonchev–Trinajstić information content (AvgIpc) is 2.84. The Morgan fingerprint density at radius 1 is 1.40 bits per heavy atom. The van der Waals surface area contributed by atoms with E-state index in [-0.39, 0.29) is 5.91 Å². The van der Waals surface area contributed by atoms with Gasteiger partial charge in [-0.1, -0.05) is 0 Å². The van der Waals surface area contributed by atoms with Crippen LogP contribution >= 0.6 is 0 Å². The van der Waals surface area contributed by atoms with Gasteiger partial charge in [0.05, 0.1) is 5.56 Å². The minimum atomic E-state index is -0.0527. The van der Waals surface area contributed by atoms with Gasteiger partial charge in [0.25, 0.3) is 5.91 Å². The van der Waals surface area contributed by atoms with Crippen LogP contribution in [0.4, 0.5) is 5.82 Å². The van der Waals surface area contributed by atoms with E-state index in [1.807, 2.05) is 11.6 Å². The number of nitrogens with one attached hydrogen (secondary N) is 1. The van der Waals surface area contributed by atoms with Gasteiger partial charge < -0.3 is 14.8 Å². The van der Waals surface area contributed by atoms with Crippen LogP contribution < -0.4 is 5.32 Å². The maximum absolute atomic E-state index is 11.7. The minimum absolute atomic E-state index is 0.0527. The summed E-state index contributed by atoms with van der Waals surface area (Å²) in [4.78, 5) is 17.5. The molecule has 0 unspecified atom stereocenters. The third-order valence-corrected chi connectivity index (χ3v) is 2.88. The zero-order chi connectivity index (χ0) is 14.5. The number of rotatable bonds is 5. The summed E-state index contributed by atoms with van der Waals surface area (Å²) in [6, 6.07) is 3.56. The van der Waals surface area contributed by atoms with E-state index in [1.54, 1.807) is 38.8 Å². The molecule has 7 heteroatoms. The number of anilines is 1. The summed E-state index contributed by atoms with van der Waals surface area (Å²) in [5.41, 5.74) is 0.578.